The van der Waals surface area contributed by atoms with Gasteiger partial charge in [0.25, 0.3) is 0 Å². The van der Waals surface area contributed by atoms with Crippen LogP contribution in [0.25, 0.3) is 0 Å². The number of amides is 2. The topological polar surface area (TPSA) is 123 Å². The SMILES string of the molecule is CC(=O)N[C@@H](CS[13CH2][13CH2]N([13CH2][13CH2]O[Si](C)(C)C(C)(C)C)[13CH2][13CH2]SC[C@H](NC(C)=O)C(=O)OC(C)(C)C)C(=O)OC(C)(C)C. The molecule has 0 rings (SSSR count). The molecular formula is C30H59N3O7S2Si. The van der Waals surface area contributed by atoms with Crippen molar-refractivity contribution in [1.29, 1.82) is 0 Å². The van der Waals surface area contributed by atoms with E-state index in [9.17, 15) is 19.2 Å². The third kappa shape index (κ3) is 20.4. The number of carbonyl (C=O) groups is 4. The predicted molar refractivity (Wildman–Crippen MR) is 181 cm³/mol. The van der Waals surface area contributed by atoms with E-state index in [2.05, 4.69) is 49.4 Å². The van der Waals surface area contributed by atoms with Gasteiger partial charge in [0.05, 0.1) is 0 Å². The van der Waals surface area contributed by atoms with Crippen molar-refractivity contribution in [2.45, 2.75) is 118 Å². The molecule has 0 aliphatic rings. The van der Waals surface area contributed by atoms with Crippen molar-refractivity contribution in [2.75, 3.05) is 49.3 Å². The minimum Gasteiger partial charge on any atom is -0.458 e. The first-order chi connectivity index (χ1) is 19.4. The number of rotatable bonds is 18. The van der Waals surface area contributed by atoms with Gasteiger partial charge in [-0.15, -0.1) is 0 Å². The van der Waals surface area contributed by atoms with E-state index in [-0.39, 0.29) is 16.9 Å². The first-order valence-corrected chi connectivity index (χ1v) is 20.2. The van der Waals surface area contributed by atoms with Gasteiger partial charge in [0.2, 0.25) is 11.8 Å². The number of hydrogen-bond acceptors (Lipinski definition) is 10. The van der Waals surface area contributed by atoms with Gasteiger partial charge in [-0.05, 0) is 59.7 Å². The smallest absolute Gasteiger partial charge is 0.330 e. The molecule has 0 saturated heterocycles. The molecule has 0 fully saturated rings. The normalized spacial score (nSPS) is 14.2. The molecule has 0 unspecified atom stereocenters. The van der Waals surface area contributed by atoms with Crippen molar-refractivity contribution in [2.24, 2.45) is 0 Å². The molecular weight excluding hydrogens is 613 g/mol. The summed E-state index contributed by atoms with van der Waals surface area (Å²) >= 11 is 3.17. The zero-order valence-electron chi connectivity index (χ0n) is 28.9. The van der Waals surface area contributed by atoms with Gasteiger partial charge in [-0.25, -0.2) is 9.59 Å². The van der Waals surface area contributed by atoms with Crippen molar-refractivity contribution in [1.82, 2.24) is 15.5 Å². The van der Waals surface area contributed by atoms with Gasteiger partial charge >= 0.3 is 11.9 Å². The summed E-state index contributed by atoms with van der Waals surface area (Å²) in [7, 11) is -1.89. The van der Waals surface area contributed by atoms with E-state index in [0.29, 0.717) is 18.1 Å². The van der Waals surface area contributed by atoms with E-state index in [1.807, 2.05) is 0 Å². The lowest BCUT2D eigenvalue weighted by atomic mass is 10.2. The van der Waals surface area contributed by atoms with Crippen LogP contribution in [0.15, 0.2) is 0 Å². The Morgan fingerprint density at radius 3 is 1.37 bits per heavy atom. The minimum atomic E-state index is -1.89. The van der Waals surface area contributed by atoms with Crippen LogP contribution in [0.2, 0.25) is 18.1 Å². The molecule has 0 aromatic heterocycles. The highest BCUT2D eigenvalue weighted by Crippen LogP contribution is 2.36. The van der Waals surface area contributed by atoms with E-state index < -0.39 is 43.5 Å². The van der Waals surface area contributed by atoms with Crippen molar-refractivity contribution in [3.05, 3.63) is 0 Å². The van der Waals surface area contributed by atoms with Crippen LogP contribution in [-0.2, 0) is 33.1 Å². The third-order valence-electron chi connectivity index (χ3n) is 6.49. The highest BCUT2D eigenvalue weighted by molar-refractivity contribution is 7.99. The van der Waals surface area contributed by atoms with Crippen LogP contribution in [0.1, 0.15) is 76.2 Å². The first kappa shape index (κ1) is 41.7. The van der Waals surface area contributed by atoms with Gasteiger partial charge in [-0.3, -0.25) is 14.5 Å². The Morgan fingerprint density at radius 2 is 1.07 bits per heavy atom. The second-order valence-corrected chi connectivity index (χ2v) is 21.3. The molecule has 252 valence electrons. The van der Waals surface area contributed by atoms with Crippen molar-refractivity contribution in [3.8, 4) is 0 Å². The minimum absolute atomic E-state index is 0.115. The molecule has 0 aromatic rings. The molecule has 0 bridgehead atoms. The average Bonchev–Trinajstić information content (AvgIpc) is 2.78. The largest absolute Gasteiger partial charge is 0.458 e. The van der Waals surface area contributed by atoms with Crippen molar-refractivity contribution < 1.29 is 33.1 Å². The maximum atomic E-state index is 12.6. The van der Waals surface area contributed by atoms with Crippen LogP contribution >= 0.6 is 23.5 Å². The average molecular weight is 672 g/mol. The van der Waals surface area contributed by atoms with Crippen molar-refractivity contribution >= 4 is 55.6 Å². The molecule has 2 atom stereocenters. The summed E-state index contributed by atoms with van der Waals surface area (Å²) in [6, 6.07) is -1.43. The lowest BCUT2D eigenvalue weighted by molar-refractivity contribution is -0.158. The quantitative estimate of drug-likeness (QED) is 0.0934. The fourth-order valence-electron chi connectivity index (χ4n) is 3.35. The lowest BCUT2D eigenvalue weighted by Gasteiger charge is -2.37. The summed E-state index contributed by atoms with van der Waals surface area (Å²) < 4.78 is 17.4. The molecule has 0 radical (unpaired) electrons. The van der Waals surface area contributed by atoms with Crippen LogP contribution in [0, 0.1) is 0 Å². The molecule has 0 saturated carbocycles. The second-order valence-electron chi connectivity index (χ2n) is 14.2. The number of nitrogens with one attached hydrogen (secondary N) is 2. The summed E-state index contributed by atoms with van der Waals surface area (Å²) in [6.45, 7) is 27.6. The highest BCUT2D eigenvalue weighted by Gasteiger charge is 2.37. The third-order valence-corrected chi connectivity index (χ3v) is 13.1. The summed E-state index contributed by atoms with van der Waals surface area (Å²) in [5, 5.41) is 5.54. The van der Waals surface area contributed by atoms with Gasteiger partial charge in [0.1, 0.15) is 23.3 Å². The van der Waals surface area contributed by atoms with Crippen molar-refractivity contribution in [3.63, 3.8) is 0 Å². The standard InChI is InChI=1S/C30H59N3O7S2Si/c1-22(34)31-24(26(36)39-28(3,4)5)20-41-18-15-33(14-17-38-43(12,13)30(9,10)11)16-19-42-21-25(32-23(2)35)27(37)40-29(6,7)8/h24-25H,14-21H2,1-13H3,(H,31,34)(H,32,35)/t24-,25-/m0/s1/i14+1,15+1,16+1,17+1,18+1,19+1. The molecule has 0 aliphatic heterocycles. The predicted octanol–water partition coefficient (Wildman–Crippen LogP) is 4.47. The summed E-state index contributed by atoms with van der Waals surface area (Å²) in [6.07, 6.45) is 0. The number of hydrogen-bond donors (Lipinski definition) is 2. The fraction of sp³-hybridized carbons (Fsp3) is 0.867. The number of esters is 2. The van der Waals surface area contributed by atoms with E-state index in [4.69, 9.17) is 13.9 Å². The maximum absolute atomic E-state index is 12.6. The van der Waals surface area contributed by atoms with Gasteiger partial charge in [-0.1, -0.05) is 20.8 Å². The number of ether oxygens (including phenoxy) is 2. The molecule has 43 heavy (non-hydrogen) atoms. The van der Waals surface area contributed by atoms with Crippen LogP contribution in [0.4, 0.5) is 0 Å². The molecule has 13 heteroatoms. The fourth-order valence-corrected chi connectivity index (χ4v) is 6.40. The highest BCUT2D eigenvalue weighted by atomic mass is 32.2. The maximum Gasteiger partial charge on any atom is 0.330 e. The van der Waals surface area contributed by atoms with Crippen LogP contribution in [-0.4, -0.2) is 110 Å². The second kappa shape index (κ2) is 18.6. The van der Waals surface area contributed by atoms with Gasteiger partial charge < -0.3 is 24.5 Å². The van der Waals surface area contributed by atoms with Gasteiger partial charge in [-0.2, -0.15) is 23.5 Å². The van der Waals surface area contributed by atoms with E-state index >= 15 is 0 Å². The molecule has 0 aliphatic carbocycles. The molecule has 0 aromatic carbocycles. The molecule has 0 spiro atoms. The van der Waals surface area contributed by atoms with E-state index in [1.54, 1.807) is 65.1 Å². The zero-order valence-corrected chi connectivity index (χ0v) is 31.6. The Labute approximate surface area is 270 Å². The first-order valence-electron chi connectivity index (χ1n) is 15.0. The van der Waals surface area contributed by atoms with E-state index in [0.717, 1.165) is 31.1 Å². The van der Waals surface area contributed by atoms with Crippen LogP contribution in [0.5, 0.6) is 0 Å². The monoisotopic (exact) mass is 671 g/mol. The number of carbonyl (C=O) groups excluding carboxylic acids is 4. The number of thioether (sulfide) groups is 2. The summed E-state index contributed by atoms with van der Waals surface area (Å²) in [4.78, 5) is 51.0. The molecule has 10 nitrogen and oxygen atoms in total. The Morgan fingerprint density at radius 1 is 0.698 bits per heavy atom. The Kier molecular flexibility index (Phi) is 18.1. The van der Waals surface area contributed by atoms with Gasteiger partial charge in [0, 0.05) is 63.1 Å². The van der Waals surface area contributed by atoms with Crippen LogP contribution < -0.4 is 10.6 Å². The Bertz CT molecular complexity index is 844. The molecule has 2 amide bonds. The van der Waals surface area contributed by atoms with E-state index in [1.165, 1.54) is 13.8 Å². The molecule has 2 N–H and O–H groups in total. The Hall–Kier alpha value is -1.28. The zero-order chi connectivity index (χ0) is 33.6. The summed E-state index contributed by atoms with van der Waals surface area (Å²) in [5.41, 5.74) is -1.28. The summed E-state index contributed by atoms with van der Waals surface area (Å²) in [5.74, 6) is 0.877. The lowest BCUT2D eigenvalue weighted by Crippen LogP contribution is -2.45. The number of nitrogens with zero attached hydrogens (tertiary/aromatic N) is 1. The Balaban J connectivity index is 5.23. The van der Waals surface area contributed by atoms with Crippen LogP contribution in [0.3, 0.4) is 0 Å². The molecule has 0 heterocycles. The van der Waals surface area contributed by atoms with Gasteiger partial charge in [0.15, 0.2) is 8.32 Å².